The number of carbonyl (C=O) groups is 1. The van der Waals surface area contributed by atoms with Crippen LogP contribution in [0, 0.1) is 5.92 Å². The van der Waals surface area contributed by atoms with E-state index in [-0.39, 0.29) is 17.9 Å². The molecule has 2 aromatic carbocycles. The van der Waals surface area contributed by atoms with E-state index < -0.39 is 7.05 Å². The van der Waals surface area contributed by atoms with Crippen molar-refractivity contribution in [1.29, 1.82) is 0 Å². The molecule has 1 atom stereocenters. The van der Waals surface area contributed by atoms with Crippen molar-refractivity contribution < 1.29 is 9.53 Å². The van der Waals surface area contributed by atoms with Gasteiger partial charge >= 0.3 is 5.97 Å². The van der Waals surface area contributed by atoms with Gasteiger partial charge in [0, 0.05) is 36.6 Å². The molecule has 0 aromatic heterocycles. The smallest absolute Gasteiger partial charge is 0.323 e. The number of nitrogens with one attached hydrogen (secondary N) is 3. The van der Waals surface area contributed by atoms with Crippen LogP contribution >= 0.6 is 7.05 Å². The average molecular weight is 417 g/mol. The van der Waals surface area contributed by atoms with Gasteiger partial charge in [0.15, 0.2) is 0 Å². The Balaban J connectivity index is 1.90. The Labute approximate surface area is 173 Å². The van der Waals surface area contributed by atoms with Crippen molar-refractivity contribution in [2.24, 2.45) is 10.7 Å². The maximum Gasteiger partial charge on any atom is 0.323 e. The molecule has 2 aromatic rings. The van der Waals surface area contributed by atoms with Gasteiger partial charge in [-0.1, -0.05) is 45.0 Å². The summed E-state index contributed by atoms with van der Waals surface area (Å²) in [7, 11) is -0.353. The number of ether oxygens (including phenoxy) is 1. The number of methoxy groups -OCH3 is 1. The lowest BCUT2D eigenvalue weighted by Crippen LogP contribution is -2.43. The zero-order valence-corrected chi connectivity index (χ0v) is 18.8. The fourth-order valence-corrected chi connectivity index (χ4v) is 6.44. The Morgan fingerprint density at radius 2 is 1.79 bits per heavy atom. The van der Waals surface area contributed by atoms with Gasteiger partial charge in [0.05, 0.1) is 19.7 Å². The van der Waals surface area contributed by atoms with Gasteiger partial charge in [-0.25, -0.2) is 0 Å². The summed E-state index contributed by atoms with van der Waals surface area (Å²) in [5.41, 5.74) is 2.27. The van der Waals surface area contributed by atoms with Gasteiger partial charge in [-0.05, 0) is 29.9 Å². The van der Waals surface area contributed by atoms with Crippen LogP contribution in [0.3, 0.4) is 0 Å². The lowest BCUT2D eigenvalue weighted by molar-refractivity contribution is -0.144. The van der Waals surface area contributed by atoms with Gasteiger partial charge in [0.25, 0.3) is 0 Å². The monoisotopic (exact) mass is 416 g/mol. The molecule has 0 saturated heterocycles. The van der Waals surface area contributed by atoms with Gasteiger partial charge in [0.2, 0.25) is 0 Å². The minimum absolute atomic E-state index is 0.152. The topological polar surface area (TPSA) is 74.8 Å². The molecule has 1 aliphatic rings. The van der Waals surface area contributed by atoms with Crippen LogP contribution in [0.1, 0.15) is 27.2 Å². The first-order valence-corrected chi connectivity index (χ1v) is 12.6. The Hall–Kier alpha value is -2.04. The molecule has 0 radical (unpaired) electrons. The fraction of sp³-hybridized carbons (Fsp3) is 0.500. The van der Waals surface area contributed by atoms with E-state index in [1.54, 1.807) is 0 Å². The van der Waals surface area contributed by atoms with Crippen molar-refractivity contribution >= 4 is 35.2 Å². The highest BCUT2D eigenvalue weighted by Crippen LogP contribution is 2.50. The number of hydrogen-bond donors (Lipinski definition) is 3. The van der Waals surface area contributed by atoms with Crippen molar-refractivity contribution in [1.82, 2.24) is 5.32 Å². The van der Waals surface area contributed by atoms with Gasteiger partial charge in [0.1, 0.15) is 6.04 Å². The number of hydrogen-bond acceptors (Lipinski definition) is 6. The van der Waals surface area contributed by atoms with Gasteiger partial charge < -0.3 is 15.4 Å². The quantitative estimate of drug-likeness (QED) is 0.440. The maximum absolute atomic E-state index is 12.2. The zero-order chi connectivity index (χ0) is 20.9. The summed E-state index contributed by atoms with van der Waals surface area (Å²) in [6, 6.07) is 12.4. The maximum atomic E-state index is 12.2. The second-order valence-corrected chi connectivity index (χ2v) is 11.4. The second kappa shape index (κ2) is 9.64. The third-order valence-electron chi connectivity index (χ3n) is 5.38. The fourth-order valence-electron chi connectivity index (χ4n) is 3.72. The highest BCUT2D eigenvalue weighted by Gasteiger charge is 2.28. The molecule has 0 spiro atoms. The van der Waals surface area contributed by atoms with E-state index in [9.17, 15) is 4.79 Å². The van der Waals surface area contributed by atoms with E-state index in [1.807, 2.05) is 13.8 Å². The summed E-state index contributed by atoms with van der Waals surface area (Å²) >= 11 is 0. The number of rotatable bonds is 7. The molecule has 0 saturated carbocycles. The molecule has 158 valence electrons. The predicted molar refractivity (Wildman–Crippen MR) is 124 cm³/mol. The molecule has 3 N–H and O–H groups in total. The number of anilines is 2. The predicted octanol–water partition coefficient (Wildman–Crippen LogP) is 4.95. The molecule has 29 heavy (non-hydrogen) atoms. The largest absolute Gasteiger partial charge is 0.468 e. The normalized spacial score (nSPS) is 16.3. The summed E-state index contributed by atoms with van der Waals surface area (Å²) in [6.07, 6.45) is 3.31. The molecule has 3 rings (SSSR count). The van der Waals surface area contributed by atoms with Crippen molar-refractivity contribution in [3.05, 3.63) is 36.4 Å². The van der Waals surface area contributed by atoms with Crippen molar-refractivity contribution in [2.45, 2.75) is 33.2 Å². The first-order valence-electron chi connectivity index (χ1n) is 10.4. The number of nitrogens with zero attached hydrogens (tertiary/aromatic N) is 1. The van der Waals surface area contributed by atoms with Crippen LogP contribution < -0.4 is 16.0 Å². The molecule has 0 amide bonds. The lowest BCUT2D eigenvalue weighted by atomic mass is 10.1. The number of esters is 1. The number of carbonyl (C=O) groups excluding carboxylic acids is 1. The van der Waals surface area contributed by atoms with Crippen molar-refractivity contribution in [2.75, 3.05) is 43.1 Å². The van der Waals surface area contributed by atoms with Crippen molar-refractivity contribution in [3.8, 4) is 0 Å². The third-order valence-corrected chi connectivity index (χ3v) is 8.45. The van der Waals surface area contributed by atoms with Gasteiger partial charge in [-0.2, -0.15) is 0 Å². The van der Waals surface area contributed by atoms with Crippen LogP contribution in [0.2, 0.25) is 0 Å². The van der Waals surface area contributed by atoms with Crippen LogP contribution in [-0.4, -0.2) is 44.5 Å². The SMILES string of the molecule is CCCN=P1(CN[C@H](C(=O)OC)C(C)C)CNc2cccc3cccc(c23)NC1. The summed E-state index contributed by atoms with van der Waals surface area (Å²) in [5, 5.41) is 13.3. The standard InChI is InChI=1S/C22H33N4O2P/c1-5-12-26-29(15-25-21(16(2)3)22(27)28-4)13-23-18-10-6-8-17-9-7-11-19(20(17)18)24-14-29/h6-11,16,21,23-25H,5,12-15H2,1-4H3/t21-/m0/s1. The van der Waals surface area contributed by atoms with E-state index in [2.05, 4.69) is 59.3 Å². The molecule has 0 bridgehead atoms. The van der Waals surface area contributed by atoms with Crippen molar-refractivity contribution in [3.63, 3.8) is 0 Å². The van der Waals surface area contributed by atoms with Crippen LogP contribution in [0.4, 0.5) is 11.4 Å². The van der Waals surface area contributed by atoms with Crippen LogP contribution in [0.25, 0.3) is 10.8 Å². The van der Waals surface area contributed by atoms with Crippen LogP contribution in [0.15, 0.2) is 41.1 Å². The highest BCUT2D eigenvalue weighted by atomic mass is 31.2. The minimum atomic E-state index is -1.80. The molecular weight excluding hydrogens is 383 g/mol. The van der Waals surface area contributed by atoms with Crippen LogP contribution in [-0.2, 0) is 9.53 Å². The Kier molecular flexibility index (Phi) is 7.20. The molecule has 0 unspecified atom stereocenters. The minimum Gasteiger partial charge on any atom is -0.468 e. The third kappa shape index (κ3) is 4.93. The molecule has 0 fully saturated rings. The van der Waals surface area contributed by atoms with E-state index in [1.165, 1.54) is 17.9 Å². The Morgan fingerprint density at radius 1 is 1.17 bits per heavy atom. The average Bonchev–Trinajstić information content (AvgIpc) is 2.72. The van der Waals surface area contributed by atoms with E-state index >= 15 is 0 Å². The molecular formula is C22H33N4O2P. The van der Waals surface area contributed by atoms with E-state index in [0.29, 0.717) is 6.29 Å². The van der Waals surface area contributed by atoms with Crippen LogP contribution in [0.5, 0.6) is 0 Å². The molecule has 1 heterocycles. The Morgan fingerprint density at radius 3 is 2.31 bits per heavy atom. The lowest BCUT2D eigenvalue weighted by Gasteiger charge is -2.32. The summed E-state index contributed by atoms with van der Waals surface area (Å²) in [5.74, 6) is -0.0597. The highest BCUT2D eigenvalue weighted by molar-refractivity contribution is 7.66. The summed E-state index contributed by atoms with van der Waals surface area (Å²) < 4.78 is 10.2. The molecule has 7 heteroatoms. The number of benzene rings is 2. The van der Waals surface area contributed by atoms with E-state index in [0.717, 1.165) is 36.9 Å². The summed E-state index contributed by atoms with van der Waals surface area (Å²) in [4.78, 5) is 12.2. The van der Waals surface area contributed by atoms with Gasteiger partial charge in [-0.3, -0.25) is 14.9 Å². The Bertz CT molecular complexity index is 866. The first kappa shape index (κ1) is 21.7. The molecule has 0 aliphatic carbocycles. The zero-order valence-electron chi connectivity index (χ0n) is 17.9. The molecule has 1 aliphatic heterocycles. The first-order chi connectivity index (χ1) is 14.0. The molecule has 6 nitrogen and oxygen atoms in total. The summed E-state index contributed by atoms with van der Waals surface area (Å²) in [6.45, 7) is 7.05. The second-order valence-electron chi connectivity index (χ2n) is 7.95. The van der Waals surface area contributed by atoms with Gasteiger partial charge in [-0.15, -0.1) is 0 Å². The van der Waals surface area contributed by atoms with E-state index in [4.69, 9.17) is 9.48 Å².